The molecule has 0 unspecified atom stereocenters. The average molecular weight is 293 g/mol. The highest BCUT2D eigenvalue weighted by Gasteiger charge is 2.17. The zero-order valence-electron chi connectivity index (χ0n) is 12.6. The van der Waals surface area contributed by atoms with Crippen molar-refractivity contribution in [2.24, 2.45) is 0 Å². The van der Waals surface area contributed by atoms with Crippen LogP contribution < -0.4 is 5.32 Å². The Hall–Kier alpha value is -1.49. The summed E-state index contributed by atoms with van der Waals surface area (Å²) in [5, 5.41) is 2.85. The first kappa shape index (κ1) is 15.9. The number of hydrogen-bond acceptors (Lipinski definition) is 3. The fourth-order valence-electron chi connectivity index (χ4n) is 2.85. The fourth-order valence-corrected chi connectivity index (χ4v) is 2.85. The molecule has 1 amide bonds. The Morgan fingerprint density at radius 3 is 2.81 bits per heavy atom. The monoisotopic (exact) mass is 293 g/mol. The van der Waals surface area contributed by atoms with E-state index in [1.807, 2.05) is 0 Å². The highest BCUT2D eigenvalue weighted by atomic mass is 19.1. The van der Waals surface area contributed by atoms with Gasteiger partial charge in [0.25, 0.3) is 5.91 Å². The van der Waals surface area contributed by atoms with E-state index in [4.69, 9.17) is 0 Å². The quantitative estimate of drug-likeness (QED) is 0.648. The SMILES string of the molecule is CN(CCCNC(=O)c1ccc(F)nc1)C1CCCCC1. The Labute approximate surface area is 125 Å². The normalized spacial score (nSPS) is 16.1. The molecule has 2 rings (SSSR count). The molecule has 1 aromatic heterocycles. The van der Waals surface area contributed by atoms with Gasteiger partial charge in [0, 0.05) is 18.8 Å². The van der Waals surface area contributed by atoms with E-state index in [2.05, 4.69) is 22.2 Å². The van der Waals surface area contributed by atoms with Crippen LogP contribution in [0.4, 0.5) is 4.39 Å². The number of halogens is 1. The third kappa shape index (κ3) is 5.08. The smallest absolute Gasteiger partial charge is 0.252 e. The fraction of sp³-hybridized carbons (Fsp3) is 0.625. The van der Waals surface area contributed by atoms with E-state index in [-0.39, 0.29) is 5.91 Å². The molecule has 0 bridgehead atoms. The summed E-state index contributed by atoms with van der Waals surface area (Å²) in [4.78, 5) is 17.7. The van der Waals surface area contributed by atoms with Crippen molar-refractivity contribution in [3.63, 3.8) is 0 Å². The van der Waals surface area contributed by atoms with Gasteiger partial charge in [-0.15, -0.1) is 0 Å². The van der Waals surface area contributed by atoms with E-state index in [0.717, 1.165) is 13.0 Å². The van der Waals surface area contributed by atoms with Crippen molar-refractivity contribution in [1.82, 2.24) is 15.2 Å². The van der Waals surface area contributed by atoms with Crippen LogP contribution in [0.2, 0.25) is 0 Å². The molecule has 1 fully saturated rings. The summed E-state index contributed by atoms with van der Waals surface area (Å²) in [6.07, 6.45) is 8.82. The largest absolute Gasteiger partial charge is 0.352 e. The van der Waals surface area contributed by atoms with Gasteiger partial charge in [-0.2, -0.15) is 4.39 Å². The molecule has 1 saturated carbocycles. The molecule has 1 aliphatic carbocycles. The van der Waals surface area contributed by atoms with Crippen molar-refractivity contribution in [3.05, 3.63) is 29.8 Å². The lowest BCUT2D eigenvalue weighted by atomic mass is 9.94. The Kier molecular flexibility index (Phi) is 6.11. The molecule has 1 N–H and O–H groups in total. The molecule has 0 radical (unpaired) electrons. The van der Waals surface area contributed by atoms with Gasteiger partial charge in [0.1, 0.15) is 0 Å². The van der Waals surface area contributed by atoms with Gasteiger partial charge in [0.05, 0.1) is 5.56 Å². The van der Waals surface area contributed by atoms with E-state index in [0.29, 0.717) is 18.2 Å². The zero-order valence-corrected chi connectivity index (χ0v) is 12.6. The summed E-state index contributed by atoms with van der Waals surface area (Å²) in [5.74, 6) is -0.761. The minimum Gasteiger partial charge on any atom is -0.352 e. The first-order chi connectivity index (χ1) is 10.2. The Morgan fingerprint density at radius 2 is 2.14 bits per heavy atom. The number of carbonyl (C=O) groups excluding carboxylic acids is 1. The van der Waals surface area contributed by atoms with Crippen molar-refractivity contribution in [1.29, 1.82) is 0 Å². The predicted octanol–water partition coefficient (Wildman–Crippen LogP) is 2.61. The third-order valence-electron chi connectivity index (χ3n) is 4.16. The van der Waals surface area contributed by atoms with Crippen LogP contribution in [-0.4, -0.2) is 42.0 Å². The van der Waals surface area contributed by atoms with Crippen LogP contribution in [0, 0.1) is 5.95 Å². The molecular formula is C16H24FN3O. The average Bonchev–Trinajstić information content (AvgIpc) is 2.52. The number of amides is 1. The van der Waals surface area contributed by atoms with Crippen LogP contribution in [0.3, 0.4) is 0 Å². The summed E-state index contributed by atoms with van der Waals surface area (Å²) in [6.45, 7) is 1.62. The molecular weight excluding hydrogens is 269 g/mol. The Bertz CT molecular complexity index is 443. The zero-order chi connectivity index (χ0) is 15.1. The van der Waals surface area contributed by atoms with E-state index in [1.165, 1.54) is 50.4 Å². The highest BCUT2D eigenvalue weighted by Crippen LogP contribution is 2.21. The van der Waals surface area contributed by atoms with Crippen molar-refractivity contribution in [3.8, 4) is 0 Å². The number of carbonyl (C=O) groups is 1. The molecule has 0 saturated heterocycles. The summed E-state index contributed by atoms with van der Waals surface area (Å²) >= 11 is 0. The number of hydrogen-bond donors (Lipinski definition) is 1. The number of rotatable bonds is 6. The van der Waals surface area contributed by atoms with Gasteiger partial charge in [-0.3, -0.25) is 4.79 Å². The number of aromatic nitrogens is 1. The number of nitrogens with zero attached hydrogens (tertiary/aromatic N) is 2. The third-order valence-corrected chi connectivity index (χ3v) is 4.16. The maximum atomic E-state index is 12.7. The van der Waals surface area contributed by atoms with Crippen molar-refractivity contribution < 1.29 is 9.18 Å². The molecule has 0 atom stereocenters. The summed E-state index contributed by atoms with van der Waals surface area (Å²) < 4.78 is 12.7. The molecule has 116 valence electrons. The lowest BCUT2D eigenvalue weighted by Crippen LogP contribution is -2.35. The van der Waals surface area contributed by atoms with Crippen LogP contribution in [0.25, 0.3) is 0 Å². The molecule has 0 aliphatic heterocycles. The van der Waals surface area contributed by atoms with Crippen LogP contribution >= 0.6 is 0 Å². The minimum absolute atomic E-state index is 0.192. The standard InChI is InChI=1S/C16H24FN3O/c1-20(14-6-3-2-4-7-14)11-5-10-18-16(21)13-8-9-15(17)19-12-13/h8-9,12,14H,2-7,10-11H2,1H3,(H,18,21). The first-order valence-electron chi connectivity index (χ1n) is 7.77. The molecule has 0 spiro atoms. The Balaban J connectivity index is 1.64. The lowest BCUT2D eigenvalue weighted by molar-refractivity contribution is 0.0950. The molecule has 0 aromatic carbocycles. The number of nitrogens with one attached hydrogen (secondary N) is 1. The van der Waals surface area contributed by atoms with Gasteiger partial charge in [0.15, 0.2) is 0 Å². The molecule has 5 heteroatoms. The van der Waals surface area contributed by atoms with Crippen molar-refractivity contribution >= 4 is 5.91 Å². The molecule has 4 nitrogen and oxygen atoms in total. The predicted molar refractivity (Wildman–Crippen MR) is 80.6 cm³/mol. The second kappa shape index (κ2) is 8.08. The van der Waals surface area contributed by atoms with Gasteiger partial charge in [0.2, 0.25) is 5.95 Å². The maximum absolute atomic E-state index is 12.7. The van der Waals surface area contributed by atoms with Crippen LogP contribution in [0.15, 0.2) is 18.3 Å². The van der Waals surface area contributed by atoms with Crippen molar-refractivity contribution in [2.75, 3.05) is 20.1 Å². The molecule has 1 heterocycles. The summed E-state index contributed by atoms with van der Waals surface area (Å²) in [7, 11) is 2.17. The van der Waals surface area contributed by atoms with E-state index in [9.17, 15) is 9.18 Å². The first-order valence-corrected chi connectivity index (χ1v) is 7.77. The van der Waals surface area contributed by atoms with Crippen LogP contribution in [-0.2, 0) is 0 Å². The number of pyridine rings is 1. The topological polar surface area (TPSA) is 45.2 Å². The molecule has 1 aliphatic rings. The molecule has 21 heavy (non-hydrogen) atoms. The van der Waals surface area contributed by atoms with Crippen LogP contribution in [0.1, 0.15) is 48.9 Å². The van der Waals surface area contributed by atoms with Gasteiger partial charge in [-0.05, 0) is 45.0 Å². The Morgan fingerprint density at radius 1 is 1.38 bits per heavy atom. The van der Waals surface area contributed by atoms with Gasteiger partial charge < -0.3 is 10.2 Å². The second-order valence-electron chi connectivity index (χ2n) is 5.75. The van der Waals surface area contributed by atoms with Gasteiger partial charge in [-0.25, -0.2) is 4.98 Å². The lowest BCUT2D eigenvalue weighted by Gasteiger charge is -2.31. The van der Waals surface area contributed by atoms with Gasteiger partial charge in [-0.1, -0.05) is 19.3 Å². The van der Waals surface area contributed by atoms with E-state index >= 15 is 0 Å². The maximum Gasteiger partial charge on any atom is 0.252 e. The second-order valence-corrected chi connectivity index (χ2v) is 5.75. The highest BCUT2D eigenvalue weighted by molar-refractivity contribution is 5.93. The van der Waals surface area contributed by atoms with Crippen molar-refractivity contribution in [2.45, 2.75) is 44.6 Å². The summed E-state index contributed by atoms with van der Waals surface area (Å²) in [5.41, 5.74) is 0.400. The van der Waals surface area contributed by atoms with E-state index < -0.39 is 5.95 Å². The van der Waals surface area contributed by atoms with Gasteiger partial charge >= 0.3 is 0 Å². The van der Waals surface area contributed by atoms with E-state index in [1.54, 1.807) is 0 Å². The van der Waals surface area contributed by atoms with Crippen LogP contribution in [0.5, 0.6) is 0 Å². The molecule has 1 aromatic rings. The minimum atomic E-state index is -0.569. The summed E-state index contributed by atoms with van der Waals surface area (Å²) in [6, 6.07) is 3.35.